The number of nitrogens with one attached hydrogen (secondary N) is 2. The fraction of sp³-hybridized carbons (Fsp3) is 0.382. The Hall–Kier alpha value is -4.73. The monoisotopic (exact) mass is 605 g/mol. The first-order valence-corrected chi connectivity index (χ1v) is 14.6. The van der Waals surface area contributed by atoms with Crippen LogP contribution in [0, 0.1) is 6.92 Å². The van der Waals surface area contributed by atoms with E-state index in [9.17, 15) is 24.6 Å². The third-order valence-electron chi connectivity index (χ3n) is 7.13. The number of carbonyl (C=O) groups is 3. The number of hydrogen-bond donors (Lipinski definition) is 4. The maximum atomic E-state index is 14.6. The normalized spacial score (nSPS) is 13.2. The van der Waals surface area contributed by atoms with E-state index in [4.69, 9.17) is 9.47 Å². The molecular formula is C34H43N3O7. The summed E-state index contributed by atoms with van der Waals surface area (Å²) in [5, 5.41) is 26.5. The molecule has 0 saturated heterocycles. The smallest absolute Gasteiger partial charge is 0.408 e. The summed E-state index contributed by atoms with van der Waals surface area (Å²) in [4.78, 5) is 43.1. The second-order valence-electron chi connectivity index (χ2n) is 11.7. The Labute approximate surface area is 259 Å². The Morgan fingerprint density at radius 2 is 1.59 bits per heavy atom. The summed E-state index contributed by atoms with van der Waals surface area (Å²) in [6, 6.07) is 15.2. The van der Waals surface area contributed by atoms with Gasteiger partial charge in [-0.15, -0.1) is 0 Å². The van der Waals surface area contributed by atoms with Gasteiger partial charge in [0.2, 0.25) is 5.91 Å². The van der Waals surface area contributed by atoms with Gasteiger partial charge in [0.15, 0.2) is 0 Å². The Morgan fingerprint density at radius 1 is 0.955 bits per heavy atom. The summed E-state index contributed by atoms with van der Waals surface area (Å²) in [7, 11) is 1.54. The van der Waals surface area contributed by atoms with Gasteiger partial charge in [-0.25, -0.2) is 4.79 Å². The van der Waals surface area contributed by atoms with E-state index in [0.717, 1.165) is 0 Å². The molecule has 0 aliphatic carbocycles. The van der Waals surface area contributed by atoms with E-state index in [1.165, 1.54) is 17.0 Å². The first kappa shape index (κ1) is 33.8. The van der Waals surface area contributed by atoms with Gasteiger partial charge in [-0.1, -0.05) is 37.3 Å². The first-order valence-electron chi connectivity index (χ1n) is 14.6. The number of phenols is 2. The number of benzene rings is 3. The number of ether oxygens (including phenoxy) is 2. The molecule has 10 heteroatoms. The molecule has 3 rings (SSSR count). The Kier molecular flexibility index (Phi) is 11.2. The molecule has 236 valence electrons. The zero-order valence-corrected chi connectivity index (χ0v) is 26.4. The van der Waals surface area contributed by atoms with Crippen LogP contribution in [0.4, 0.5) is 10.5 Å². The molecule has 0 radical (unpaired) electrons. The molecule has 0 fully saturated rings. The van der Waals surface area contributed by atoms with Crippen molar-refractivity contribution >= 4 is 23.6 Å². The van der Waals surface area contributed by atoms with Crippen LogP contribution in [-0.4, -0.2) is 57.8 Å². The second kappa shape index (κ2) is 14.6. The zero-order chi connectivity index (χ0) is 32.6. The highest BCUT2D eigenvalue weighted by molar-refractivity contribution is 5.99. The molecule has 0 aliphatic heterocycles. The van der Waals surface area contributed by atoms with Crippen LogP contribution in [0.15, 0.2) is 66.7 Å². The summed E-state index contributed by atoms with van der Waals surface area (Å²) in [5.41, 5.74) is 1.09. The van der Waals surface area contributed by atoms with Gasteiger partial charge < -0.3 is 35.2 Å². The zero-order valence-electron chi connectivity index (χ0n) is 26.4. The lowest BCUT2D eigenvalue weighted by atomic mass is 9.96. The molecule has 3 unspecified atom stereocenters. The highest BCUT2D eigenvalue weighted by Gasteiger charge is 2.40. The van der Waals surface area contributed by atoms with E-state index < -0.39 is 41.6 Å². The average Bonchev–Trinajstić information content (AvgIpc) is 2.97. The average molecular weight is 606 g/mol. The summed E-state index contributed by atoms with van der Waals surface area (Å²) < 4.78 is 10.7. The van der Waals surface area contributed by atoms with Crippen molar-refractivity contribution in [2.75, 3.05) is 12.4 Å². The van der Waals surface area contributed by atoms with Gasteiger partial charge in [-0.2, -0.15) is 0 Å². The number of phenolic OH excluding ortho intramolecular Hbond substituents is 2. The fourth-order valence-electron chi connectivity index (χ4n) is 4.70. The van der Waals surface area contributed by atoms with Gasteiger partial charge in [0.25, 0.3) is 5.91 Å². The molecule has 0 saturated carbocycles. The van der Waals surface area contributed by atoms with E-state index in [-0.39, 0.29) is 23.5 Å². The molecular weight excluding hydrogens is 562 g/mol. The van der Waals surface area contributed by atoms with Crippen molar-refractivity contribution in [1.82, 2.24) is 10.2 Å². The third kappa shape index (κ3) is 8.89. The van der Waals surface area contributed by atoms with Crippen molar-refractivity contribution in [2.45, 2.75) is 78.1 Å². The van der Waals surface area contributed by atoms with Crippen LogP contribution in [0.1, 0.15) is 63.8 Å². The number of carbonyl (C=O) groups excluding carboxylic acids is 3. The quantitative estimate of drug-likeness (QED) is 0.215. The Balaban J connectivity index is 2.12. The lowest BCUT2D eigenvalue weighted by molar-refractivity contribution is -0.143. The molecule has 4 N–H and O–H groups in total. The SMILES string of the molecule is CCC(C)N(C(=O)C(Cc1ccc(O)cc1)NC(=O)OC(C)(C)C)C(C(=O)Nc1ccc(OC)cc1)c1cccc(C)c1O. The van der Waals surface area contributed by atoms with Crippen molar-refractivity contribution < 1.29 is 34.1 Å². The molecule has 3 atom stereocenters. The van der Waals surface area contributed by atoms with Crippen molar-refractivity contribution in [3.63, 3.8) is 0 Å². The molecule has 10 nitrogen and oxygen atoms in total. The van der Waals surface area contributed by atoms with Gasteiger partial charge in [0.05, 0.1) is 7.11 Å². The second-order valence-corrected chi connectivity index (χ2v) is 11.7. The van der Waals surface area contributed by atoms with E-state index in [0.29, 0.717) is 29.0 Å². The number of aryl methyl sites for hydroxylation is 1. The maximum Gasteiger partial charge on any atom is 0.408 e. The Morgan fingerprint density at radius 3 is 2.16 bits per heavy atom. The number of amides is 3. The summed E-state index contributed by atoms with van der Waals surface area (Å²) in [5.74, 6) is -0.543. The Bertz CT molecular complexity index is 1430. The van der Waals surface area contributed by atoms with E-state index in [2.05, 4.69) is 10.6 Å². The molecule has 3 aromatic carbocycles. The number of methoxy groups -OCH3 is 1. The molecule has 0 bridgehead atoms. The minimum atomic E-state index is -1.26. The van der Waals surface area contributed by atoms with Crippen LogP contribution >= 0.6 is 0 Å². The largest absolute Gasteiger partial charge is 0.508 e. The van der Waals surface area contributed by atoms with Gasteiger partial charge in [-0.05, 0) is 88.6 Å². The summed E-state index contributed by atoms with van der Waals surface area (Å²) in [6.07, 6.45) is -0.266. The van der Waals surface area contributed by atoms with Gasteiger partial charge in [0.1, 0.15) is 34.9 Å². The number of nitrogens with zero attached hydrogens (tertiary/aromatic N) is 1. The summed E-state index contributed by atoms with van der Waals surface area (Å²) >= 11 is 0. The highest BCUT2D eigenvalue weighted by atomic mass is 16.6. The van der Waals surface area contributed by atoms with Crippen molar-refractivity contribution in [2.24, 2.45) is 0 Å². The fourth-order valence-corrected chi connectivity index (χ4v) is 4.70. The van der Waals surface area contributed by atoms with E-state index >= 15 is 0 Å². The number of aromatic hydroxyl groups is 2. The lowest BCUT2D eigenvalue weighted by Gasteiger charge is -2.38. The number of alkyl carbamates (subject to hydrolysis) is 1. The molecule has 3 aromatic rings. The molecule has 44 heavy (non-hydrogen) atoms. The van der Waals surface area contributed by atoms with Crippen molar-refractivity contribution in [3.05, 3.63) is 83.4 Å². The number of anilines is 1. The van der Waals surface area contributed by atoms with Crippen LogP contribution in [0.5, 0.6) is 17.2 Å². The van der Waals surface area contributed by atoms with Gasteiger partial charge >= 0.3 is 6.09 Å². The van der Waals surface area contributed by atoms with Gasteiger partial charge in [-0.3, -0.25) is 9.59 Å². The predicted octanol–water partition coefficient (Wildman–Crippen LogP) is 5.86. The van der Waals surface area contributed by atoms with E-state index in [1.807, 2.05) is 13.8 Å². The van der Waals surface area contributed by atoms with E-state index in [1.54, 1.807) is 89.4 Å². The van der Waals surface area contributed by atoms with Crippen molar-refractivity contribution in [1.29, 1.82) is 0 Å². The molecule has 3 amide bonds. The molecule has 0 heterocycles. The lowest BCUT2D eigenvalue weighted by Crippen LogP contribution is -2.55. The first-order chi connectivity index (χ1) is 20.7. The third-order valence-corrected chi connectivity index (χ3v) is 7.13. The number of hydrogen-bond acceptors (Lipinski definition) is 7. The topological polar surface area (TPSA) is 137 Å². The molecule has 0 aliphatic rings. The van der Waals surface area contributed by atoms with Crippen LogP contribution in [0.25, 0.3) is 0 Å². The van der Waals surface area contributed by atoms with Crippen LogP contribution in [0.3, 0.4) is 0 Å². The predicted molar refractivity (Wildman–Crippen MR) is 169 cm³/mol. The summed E-state index contributed by atoms with van der Waals surface area (Å²) in [6.45, 7) is 10.6. The highest BCUT2D eigenvalue weighted by Crippen LogP contribution is 2.35. The number of rotatable bonds is 11. The van der Waals surface area contributed by atoms with Crippen LogP contribution in [-0.2, 0) is 20.7 Å². The maximum absolute atomic E-state index is 14.6. The van der Waals surface area contributed by atoms with Gasteiger partial charge in [0, 0.05) is 23.7 Å². The molecule has 0 aromatic heterocycles. The van der Waals surface area contributed by atoms with Crippen LogP contribution < -0.4 is 15.4 Å². The van der Waals surface area contributed by atoms with Crippen LogP contribution in [0.2, 0.25) is 0 Å². The molecule has 0 spiro atoms. The number of para-hydroxylation sites is 1. The minimum absolute atomic E-state index is 0.0535. The standard InChI is InChI=1S/C34H43N3O7/c1-8-22(3)37(32(41)28(36-33(42)44-34(4,5)6)20-23-12-16-25(38)17-13-23)29(27-11-9-10-21(2)30(27)39)31(40)35-24-14-18-26(43-7)19-15-24/h9-19,22,28-29,38-39H,8,20H2,1-7H3,(H,35,40)(H,36,42). The van der Waals surface area contributed by atoms with Crippen molar-refractivity contribution in [3.8, 4) is 17.2 Å². The minimum Gasteiger partial charge on any atom is -0.508 e.